The van der Waals surface area contributed by atoms with Crippen LogP contribution in [0.3, 0.4) is 0 Å². The third kappa shape index (κ3) is 3.91. The van der Waals surface area contributed by atoms with E-state index in [0.717, 1.165) is 17.0 Å². The van der Waals surface area contributed by atoms with E-state index >= 15 is 0 Å². The lowest BCUT2D eigenvalue weighted by Gasteiger charge is -2.16. The maximum Gasteiger partial charge on any atom is 0.251 e. The second-order valence-corrected chi connectivity index (χ2v) is 6.55. The normalized spacial score (nSPS) is 17.4. The van der Waals surface area contributed by atoms with Gasteiger partial charge in [0.15, 0.2) is 0 Å². The van der Waals surface area contributed by atoms with Crippen LogP contribution < -0.4 is 10.2 Å². The van der Waals surface area contributed by atoms with Gasteiger partial charge in [0.25, 0.3) is 5.91 Å². The molecule has 0 aliphatic carbocycles. The highest BCUT2D eigenvalue weighted by Gasteiger charge is 2.39. The number of nitrogens with zero attached hydrogens (tertiary/aromatic N) is 1. The average Bonchev–Trinajstić information content (AvgIpc) is 2.90. The summed E-state index contributed by atoms with van der Waals surface area (Å²) in [4.78, 5) is 26.2. The number of rotatable bonds is 6. The lowest BCUT2D eigenvalue weighted by Crippen LogP contribution is -2.39. The van der Waals surface area contributed by atoms with Crippen LogP contribution in [0.2, 0.25) is 5.02 Å². The molecule has 0 saturated carbocycles. The summed E-state index contributed by atoms with van der Waals surface area (Å²) in [6.45, 7) is 2.66. The summed E-state index contributed by atoms with van der Waals surface area (Å²) in [6, 6.07) is 14.7. The smallest absolute Gasteiger partial charge is 0.251 e. The van der Waals surface area contributed by atoms with Crippen molar-refractivity contribution in [1.29, 1.82) is 0 Å². The van der Waals surface area contributed by atoms with E-state index in [4.69, 9.17) is 11.6 Å². The maximum absolute atomic E-state index is 12.6. The molecule has 3 rings (SSSR count). The number of halogens is 1. The first kappa shape index (κ1) is 17.6. The van der Waals surface area contributed by atoms with Crippen LogP contribution in [0.1, 0.15) is 24.5 Å². The molecule has 1 aliphatic heterocycles. The zero-order valence-corrected chi connectivity index (χ0v) is 14.9. The van der Waals surface area contributed by atoms with Crippen molar-refractivity contribution in [2.75, 3.05) is 11.4 Å². The molecule has 0 bridgehead atoms. The third-order valence-corrected chi connectivity index (χ3v) is 4.86. The van der Waals surface area contributed by atoms with E-state index in [1.807, 2.05) is 48.5 Å². The van der Waals surface area contributed by atoms with Gasteiger partial charge in [-0.3, -0.25) is 9.59 Å². The summed E-state index contributed by atoms with van der Waals surface area (Å²) in [5.41, 5.74) is 2.85. The van der Waals surface area contributed by atoms with Gasteiger partial charge in [-0.15, -0.1) is 0 Å². The molecule has 1 atom stereocenters. The minimum absolute atomic E-state index is 0.163. The molecule has 4 nitrogen and oxygen atoms in total. The van der Waals surface area contributed by atoms with Crippen LogP contribution in [-0.4, -0.2) is 24.4 Å². The summed E-state index contributed by atoms with van der Waals surface area (Å²) in [5.74, 6) is -0.349. The number of aryl methyl sites for hydroxylation is 1. The van der Waals surface area contributed by atoms with Gasteiger partial charge in [-0.2, -0.15) is 0 Å². The van der Waals surface area contributed by atoms with Crippen LogP contribution in [-0.2, 0) is 22.4 Å². The van der Waals surface area contributed by atoms with Gasteiger partial charge < -0.3 is 5.32 Å². The van der Waals surface area contributed by atoms with Crippen LogP contribution in [0, 0.1) is 0 Å². The van der Waals surface area contributed by atoms with Gasteiger partial charge in [0.2, 0.25) is 5.91 Å². The molecule has 1 heterocycles. The van der Waals surface area contributed by atoms with Gasteiger partial charge >= 0.3 is 0 Å². The van der Waals surface area contributed by atoms with E-state index in [0.29, 0.717) is 18.7 Å². The zero-order chi connectivity index (χ0) is 17.8. The van der Waals surface area contributed by atoms with Gasteiger partial charge in [0, 0.05) is 5.02 Å². The predicted molar refractivity (Wildman–Crippen MR) is 99.9 cm³/mol. The van der Waals surface area contributed by atoms with E-state index in [1.165, 1.54) is 10.5 Å². The highest BCUT2D eigenvalue weighted by molar-refractivity contribution is 6.31. The van der Waals surface area contributed by atoms with Crippen molar-refractivity contribution < 1.29 is 9.59 Å². The van der Waals surface area contributed by atoms with E-state index in [-0.39, 0.29) is 18.2 Å². The molecule has 0 radical (unpaired) electrons. The number of carbonyl (C=O) groups excluding carboxylic acids is 2. The van der Waals surface area contributed by atoms with Crippen LogP contribution in [0.25, 0.3) is 0 Å². The van der Waals surface area contributed by atoms with Crippen LogP contribution in [0.15, 0.2) is 48.5 Å². The first-order chi connectivity index (χ1) is 12.1. The Hall–Kier alpha value is -2.17. The molecular weight excluding hydrogens is 336 g/mol. The highest BCUT2D eigenvalue weighted by Crippen LogP contribution is 2.23. The fraction of sp³-hybridized carbons (Fsp3) is 0.300. The molecule has 130 valence electrons. The van der Waals surface area contributed by atoms with Gasteiger partial charge in [-0.1, -0.05) is 48.9 Å². The average molecular weight is 357 g/mol. The lowest BCUT2D eigenvalue weighted by molar-refractivity contribution is -0.121. The standard InChI is InChI=1S/C20H21ClN2O2/c1-2-14-7-9-16(10-8-14)23-19(24)13-18(20(23)25)22-12-11-15-5-3-4-6-17(15)21/h3-10,18,22H,2,11-13H2,1H3. The van der Waals surface area contributed by atoms with Crippen molar-refractivity contribution in [2.45, 2.75) is 32.2 Å². The number of benzene rings is 2. The number of nitrogens with one attached hydrogen (secondary N) is 1. The molecule has 1 N–H and O–H groups in total. The lowest BCUT2D eigenvalue weighted by atomic mass is 10.1. The fourth-order valence-corrected chi connectivity index (χ4v) is 3.26. The third-order valence-electron chi connectivity index (χ3n) is 4.49. The Morgan fingerprint density at radius 1 is 1.12 bits per heavy atom. The van der Waals surface area contributed by atoms with Gasteiger partial charge in [0.05, 0.1) is 18.2 Å². The van der Waals surface area contributed by atoms with E-state index in [2.05, 4.69) is 12.2 Å². The number of anilines is 1. The van der Waals surface area contributed by atoms with Crippen molar-refractivity contribution >= 4 is 29.1 Å². The first-order valence-electron chi connectivity index (χ1n) is 8.52. The fourth-order valence-electron chi connectivity index (χ4n) is 3.03. The molecular formula is C20H21ClN2O2. The first-order valence-corrected chi connectivity index (χ1v) is 8.90. The van der Waals surface area contributed by atoms with Crippen molar-refractivity contribution in [3.05, 3.63) is 64.7 Å². The second-order valence-electron chi connectivity index (χ2n) is 6.14. The van der Waals surface area contributed by atoms with Gasteiger partial charge in [0.1, 0.15) is 0 Å². The predicted octanol–water partition coefficient (Wildman–Crippen LogP) is 3.37. The molecule has 2 aromatic carbocycles. The number of hydrogen-bond acceptors (Lipinski definition) is 3. The molecule has 2 amide bonds. The molecule has 1 fully saturated rings. The monoisotopic (exact) mass is 356 g/mol. The highest BCUT2D eigenvalue weighted by atomic mass is 35.5. The summed E-state index contributed by atoms with van der Waals surface area (Å²) in [5, 5.41) is 3.91. The Balaban J connectivity index is 1.61. The summed E-state index contributed by atoms with van der Waals surface area (Å²) < 4.78 is 0. The molecule has 25 heavy (non-hydrogen) atoms. The second kappa shape index (κ2) is 7.81. The molecule has 1 aliphatic rings. The number of imide groups is 1. The summed E-state index contributed by atoms with van der Waals surface area (Å²) in [6.07, 6.45) is 1.83. The molecule has 0 spiro atoms. The molecule has 1 saturated heterocycles. The summed E-state index contributed by atoms with van der Waals surface area (Å²) in [7, 11) is 0. The number of carbonyl (C=O) groups is 2. The van der Waals surface area contributed by atoms with Crippen LogP contribution in [0.5, 0.6) is 0 Å². The number of amides is 2. The van der Waals surface area contributed by atoms with E-state index in [1.54, 1.807) is 0 Å². The Morgan fingerprint density at radius 3 is 2.52 bits per heavy atom. The number of hydrogen-bond donors (Lipinski definition) is 1. The molecule has 5 heteroatoms. The largest absolute Gasteiger partial charge is 0.305 e. The zero-order valence-electron chi connectivity index (χ0n) is 14.2. The Kier molecular flexibility index (Phi) is 5.51. The SMILES string of the molecule is CCc1ccc(N2C(=O)CC(NCCc3ccccc3Cl)C2=O)cc1. The van der Waals surface area contributed by atoms with E-state index in [9.17, 15) is 9.59 Å². The molecule has 0 aromatic heterocycles. The van der Waals surface area contributed by atoms with Crippen molar-refractivity contribution in [3.63, 3.8) is 0 Å². The van der Waals surface area contributed by atoms with Crippen LogP contribution in [0.4, 0.5) is 5.69 Å². The summed E-state index contributed by atoms with van der Waals surface area (Å²) >= 11 is 6.14. The van der Waals surface area contributed by atoms with Crippen molar-refractivity contribution in [3.8, 4) is 0 Å². The van der Waals surface area contributed by atoms with E-state index < -0.39 is 6.04 Å². The Labute approximate surface area is 152 Å². The Bertz CT molecular complexity index is 774. The minimum Gasteiger partial charge on any atom is -0.305 e. The maximum atomic E-state index is 12.6. The van der Waals surface area contributed by atoms with Crippen molar-refractivity contribution in [1.82, 2.24) is 5.32 Å². The van der Waals surface area contributed by atoms with Gasteiger partial charge in [-0.25, -0.2) is 4.90 Å². The minimum atomic E-state index is -0.471. The topological polar surface area (TPSA) is 49.4 Å². The quantitative estimate of drug-likeness (QED) is 0.807. The van der Waals surface area contributed by atoms with Crippen molar-refractivity contribution in [2.24, 2.45) is 0 Å². The Morgan fingerprint density at radius 2 is 1.84 bits per heavy atom. The van der Waals surface area contributed by atoms with Crippen LogP contribution >= 0.6 is 11.6 Å². The molecule has 1 unspecified atom stereocenters. The van der Waals surface area contributed by atoms with Gasteiger partial charge in [-0.05, 0) is 48.7 Å². The molecule has 2 aromatic rings.